The Morgan fingerprint density at radius 3 is 2.53 bits per heavy atom. The van der Waals surface area contributed by atoms with E-state index in [9.17, 15) is 9.59 Å². The van der Waals surface area contributed by atoms with Gasteiger partial charge >= 0.3 is 0 Å². The molecular formula is C27H32BrN5O2S. The molecule has 1 heterocycles. The number of aromatic nitrogens is 3. The fourth-order valence-electron chi connectivity index (χ4n) is 3.67. The maximum Gasteiger partial charge on any atom is 0.251 e. The molecule has 0 aliphatic rings. The Morgan fingerprint density at radius 2 is 1.86 bits per heavy atom. The van der Waals surface area contributed by atoms with Gasteiger partial charge in [0.2, 0.25) is 5.91 Å². The molecule has 3 aromatic rings. The molecule has 36 heavy (non-hydrogen) atoms. The highest BCUT2D eigenvalue weighted by atomic mass is 79.9. The van der Waals surface area contributed by atoms with E-state index in [1.807, 2.05) is 69.5 Å². The van der Waals surface area contributed by atoms with Gasteiger partial charge in [-0.1, -0.05) is 49.4 Å². The lowest BCUT2D eigenvalue weighted by Crippen LogP contribution is -2.34. The Labute approximate surface area is 225 Å². The van der Waals surface area contributed by atoms with Crippen molar-refractivity contribution in [2.45, 2.75) is 52.4 Å². The number of halogens is 1. The molecule has 9 heteroatoms. The summed E-state index contributed by atoms with van der Waals surface area (Å²) in [5.74, 6) is 0.543. The molecule has 7 nitrogen and oxygen atoms in total. The number of carbonyl (C=O) groups is 2. The Bertz CT molecular complexity index is 1270. The normalized spacial score (nSPS) is 11.9. The van der Waals surface area contributed by atoms with Crippen LogP contribution in [-0.2, 0) is 11.3 Å². The monoisotopic (exact) mass is 569 g/mol. The van der Waals surface area contributed by atoms with E-state index in [4.69, 9.17) is 0 Å². The number of anilines is 1. The minimum Gasteiger partial charge on any atom is -0.342 e. The molecule has 0 spiro atoms. The number of nitrogens with one attached hydrogen (secondary N) is 2. The van der Waals surface area contributed by atoms with E-state index in [1.54, 1.807) is 12.1 Å². The third kappa shape index (κ3) is 6.85. The summed E-state index contributed by atoms with van der Waals surface area (Å²) in [5, 5.41) is 15.4. The fraction of sp³-hybridized carbons (Fsp3) is 0.333. The zero-order valence-electron chi connectivity index (χ0n) is 21.3. The number of amides is 2. The van der Waals surface area contributed by atoms with E-state index < -0.39 is 0 Å². The van der Waals surface area contributed by atoms with Gasteiger partial charge in [0.15, 0.2) is 11.0 Å². The molecule has 0 radical (unpaired) electrons. The predicted molar refractivity (Wildman–Crippen MR) is 149 cm³/mol. The zero-order chi connectivity index (χ0) is 26.4. The van der Waals surface area contributed by atoms with Crippen LogP contribution in [0.15, 0.2) is 58.7 Å². The van der Waals surface area contributed by atoms with E-state index in [-0.39, 0.29) is 29.5 Å². The van der Waals surface area contributed by atoms with Crippen LogP contribution in [0, 0.1) is 26.7 Å². The number of benzene rings is 2. The van der Waals surface area contributed by atoms with Crippen LogP contribution in [0.1, 0.15) is 52.8 Å². The molecule has 0 aliphatic carbocycles. The van der Waals surface area contributed by atoms with Gasteiger partial charge in [-0.25, -0.2) is 0 Å². The lowest BCUT2D eigenvalue weighted by molar-refractivity contribution is -0.113. The predicted octanol–water partition coefficient (Wildman–Crippen LogP) is 6.01. The highest BCUT2D eigenvalue weighted by Gasteiger charge is 2.26. The van der Waals surface area contributed by atoms with Gasteiger partial charge in [-0.3, -0.25) is 9.59 Å². The lowest BCUT2D eigenvalue weighted by Gasteiger charge is -2.22. The molecule has 2 amide bonds. The van der Waals surface area contributed by atoms with E-state index in [0.29, 0.717) is 23.1 Å². The Kier molecular flexibility index (Phi) is 9.50. The van der Waals surface area contributed by atoms with Gasteiger partial charge in [0.1, 0.15) is 0 Å². The third-order valence-corrected chi connectivity index (χ3v) is 7.38. The fourth-order valence-corrected chi connectivity index (χ4v) is 4.98. The second-order valence-electron chi connectivity index (χ2n) is 9.06. The SMILES string of the molecule is C=CCn1c(SCC(=O)Nc2cc(C)c(C)cc2Br)nnc1[C@H](NC(=O)c1cccc(C)c1)C(C)C. The summed E-state index contributed by atoms with van der Waals surface area (Å²) in [5.41, 5.74) is 4.59. The molecule has 2 N–H and O–H groups in total. The van der Waals surface area contributed by atoms with Crippen LogP contribution in [-0.4, -0.2) is 32.3 Å². The molecule has 0 saturated heterocycles. The molecule has 0 unspecified atom stereocenters. The maximum atomic E-state index is 13.0. The highest BCUT2D eigenvalue weighted by Crippen LogP contribution is 2.28. The van der Waals surface area contributed by atoms with E-state index >= 15 is 0 Å². The summed E-state index contributed by atoms with van der Waals surface area (Å²) in [6, 6.07) is 11.0. The molecule has 2 aromatic carbocycles. The lowest BCUT2D eigenvalue weighted by atomic mass is 10.0. The van der Waals surface area contributed by atoms with Crippen molar-refractivity contribution in [1.29, 1.82) is 0 Å². The van der Waals surface area contributed by atoms with Crippen LogP contribution in [0.4, 0.5) is 5.69 Å². The topological polar surface area (TPSA) is 88.9 Å². The molecule has 1 aromatic heterocycles. The maximum absolute atomic E-state index is 13.0. The molecule has 0 aliphatic heterocycles. The summed E-state index contributed by atoms with van der Waals surface area (Å²) >= 11 is 4.81. The minimum atomic E-state index is -0.361. The Hall–Kier alpha value is -2.91. The smallest absolute Gasteiger partial charge is 0.251 e. The molecule has 3 rings (SSSR count). The molecule has 190 valence electrons. The van der Waals surface area contributed by atoms with Crippen molar-refractivity contribution in [2.24, 2.45) is 5.92 Å². The summed E-state index contributed by atoms with van der Waals surface area (Å²) in [6.07, 6.45) is 1.75. The van der Waals surface area contributed by atoms with Crippen LogP contribution < -0.4 is 10.6 Å². The average molecular weight is 571 g/mol. The third-order valence-electron chi connectivity index (χ3n) is 5.76. The standard InChI is InChI=1S/C27H32BrN5O2S/c1-7-11-33-25(24(16(2)3)30-26(35)20-10-8-9-17(4)12-20)31-32-27(33)36-15-23(34)29-22-14-19(6)18(5)13-21(22)28/h7-10,12-14,16,24H,1,11,15H2,2-6H3,(H,29,34)(H,30,35)/t24-/m1/s1. The largest absolute Gasteiger partial charge is 0.342 e. The highest BCUT2D eigenvalue weighted by molar-refractivity contribution is 9.10. The number of rotatable bonds is 10. The number of nitrogens with zero attached hydrogens (tertiary/aromatic N) is 3. The van der Waals surface area contributed by atoms with Crippen LogP contribution in [0.25, 0.3) is 0 Å². The van der Waals surface area contributed by atoms with Gasteiger partial charge < -0.3 is 15.2 Å². The first kappa shape index (κ1) is 27.7. The summed E-state index contributed by atoms with van der Waals surface area (Å²) in [6.45, 7) is 14.4. The molecule has 1 atom stereocenters. The van der Waals surface area contributed by atoms with Crippen molar-refractivity contribution >= 4 is 45.2 Å². The van der Waals surface area contributed by atoms with Crippen LogP contribution >= 0.6 is 27.7 Å². The van der Waals surface area contributed by atoms with E-state index in [0.717, 1.165) is 26.9 Å². The quantitative estimate of drug-likeness (QED) is 0.230. The van der Waals surface area contributed by atoms with Crippen LogP contribution in [0.3, 0.4) is 0 Å². The summed E-state index contributed by atoms with van der Waals surface area (Å²) < 4.78 is 2.74. The number of hydrogen-bond donors (Lipinski definition) is 2. The minimum absolute atomic E-state index is 0.0646. The zero-order valence-corrected chi connectivity index (χ0v) is 23.7. The first-order valence-corrected chi connectivity index (χ1v) is 13.5. The van der Waals surface area contributed by atoms with Crippen LogP contribution in [0.5, 0.6) is 0 Å². The Balaban J connectivity index is 1.76. The van der Waals surface area contributed by atoms with Gasteiger partial charge in [0.25, 0.3) is 5.91 Å². The van der Waals surface area contributed by atoms with Crippen molar-refractivity contribution in [1.82, 2.24) is 20.1 Å². The van der Waals surface area contributed by atoms with Crippen molar-refractivity contribution in [3.8, 4) is 0 Å². The molecule has 0 saturated carbocycles. The second-order valence-corrected chi connectivity index (χ2v) is 10.9. The van der Waals surface area contributed by atoms with Crippen molar-refractivity contribution in [2.75, 3.05) is 11.1 Å². The molecule has 0 fully saturated rings. The Morgan fingerprint density at radius 1 is 1.14 bits per heavy atom. The first-order valence-electron chi connectivity index (χ1n) is 11.7. The summed E-state index contributed by atoms with van der Waals surface area (Å²) in [7, 11) is 0. The van der Waals surface area contributed by atoms with Gasteiger partial charge in [-0.2, -0.15) is 0 Å². The van der Waals surface area contributed by atoms with Gasteiger partial charge in [-0.05, 0) is 78.0 Å². The van der Waals surface area contributed by atoms with E-state index in [1.165, 1.54) is 11.8 Å². The van der Waals surface area contributed by atoms with E-state index in [2.05, 4.69) is 43.3 Å². The van der Waals surface area contributed by atoms with Gasteiger partial charge in [0, 0.05) is 16.6 Å². The van der Waals surface area contributed by atoms with Gasteiger partial charge in [-0.15, -0.1) is 16.8 Å². The number of allylic oxidation sites excluding steroid dienone is 1. The first-order chi connectivity index (χ1) is 17.1. The number of thioether (sulfide) groups is 1. The second kappa shape index (κ2) is 12.4. The molecular weight excluding hydrogens is 538 g/mol. The average Bonchev–Trinajstić information content (AvgIpc) is 3.21. The molecule has 0 bridgehead atoms. The van der Waals surface area contributed by atoms with Crippen molar-refractivity contribution < 1.29 is 9.59 Å². The van der Waals surface area contributed by atoms with Crippen molar-refractivity contribution in [3.63, 3.8) is 0 Å². The summed E-state index contributed by atoms with van der Waals surface area (Å²) in [4.78, 5) is 25.7. The van der Waals surface area contributed by atoms with Gasteiger partial charge in [0.05, 0.1) is 17.5 Å². The number of hydrogen-bond acceptors (Lipinski definition) is 5. The number of aryl methyl sites for hydroxylation is 3. The van der Waals surface area contributed by atoms with Crippen LogP contribution in [0.2, 0.25) is 0 Å². The number of carbonyl (C=O) groups excluding carboxylic acids is 2. The van der Waals surface area contributed by atoms with Crippen molar-refractivity contribution in [3.05, 3.63) is 81.6 Å².